The van der Waals surface area contributed by atoms with E-state index < -0.39 is 6.10 Å². The van der Waals surface area contributed by atoms with E-state index >= 15 is 0 Å². The van der Waals surface area contributed by atoms with Crippen molar-refractivity contribution in [3.8, 4) is 5.75 Å². The Labute approximate surface area is 120 Å². The summed E-state index contributed by atoms with van der Waals surface area (Å²) in [5.41, 5.74) is 6.42. The van der Waals surface area contributed by atoms with Gasteiger partial charge in [0.15, 0.2) is 0 Å². The van der Waals surface area contributed by atoms with Crippen molar-refractivity contribution in [1.29, 1.82) is 0 Å². The number of halogens is 1. The molecule has 5 nitrogen and oxygen atoms in total. The summed E-state index contributed by atoms with van der Waals surface area (Å²) in [6, 6.07) is 7.59. The SMILES string of the molecule is COc1ccccc1CN(C)C(=O)C(CN)OC.Cl. The third-order valence-electron chi connectivity index (χ3n) is 2.75. The minimum Gasteiger partial charge on any atom is -0.496 e. The molecule has 0 saturated carbocycles. The van der Waals surface area contributed by atoms with Crippen LogP contribution in [0.1, 0.15) is 5.56 Å². The highest BCUT2D eigenvalue weighted by Crippen LogP contribution is 2.19. The van der Waals surface area contributed by atoms with E-state index in [0.717, 1.165) is 11.3 Å². The van der Waals surface area contributed by atoms with Crippen LogP contribution >= 0.6 is 12.4 Å². The van der Waals surface area contributed by atoms with Crippen molar-refractivity contribution in [2.45, 2.75) is 12.6 Å². The van der Waals surface area contributed by atoms with Gasteiger partial charge in [-0.15, -0.1) is 12.4 Å². The molecule has 0 fully saturated rings. The second-order valence-electron chi connectivity index (χ2n) is 3.97. The van der Waals surface area contributed by atoms with Gasteiger partial charge in [0, 0.05) is 32.8 Å². The van der Waals surface area contributed by atoms with Crippen molar-refractivity contribution < 1.29 is 14.3 Å². The van der Waals surface area contributed by atoms with E-state index in [1.807, 2.05) is 24.3 Å². The van der Waals surface area contributed by atoms with Crippen molar-refractivity contribution in [3.05, 3.63) is 29.8 Å². The monoisotopic (exact) mass is 288 g/mol. The first kappa shape index (κ1) is 17.7. The van der Waals surface area contributed by atoms with E-state index in [1.165, 1.54) is 7.11 Å². The lowest BCUT2D eigenvalue weighted by atomic mass is 10.2. The Morgan fingerprint density at radius 1 is 1.37 bits per heavy atom. The van der Waals surface area contributed by atoms with Gasteiger partial charge in [-0.3, -0.25) is 4.79 Å². The fourth-order valence-corrected chi connectivity index (χ4v) is 1.71. The van der Waals surface area contributed by atoms with Gasteiger partial charge in [0.2, 0.25) is 0 Å². The summed E-state index contributed by atoms with van der Waals surface area (Å²) >= 11 is 0. The number of rotatable bonds is 6. The molecule has 1 unspecified atom stereocenters. The fraction of sp³-hybridized carbons (Fsp3) is 0.462. The average Bonchev–Trinajstić information content (AvgIpc) is 2.40. The van der Waals surface area contributed by atoms with Gasteiger partial charge in [-0.1, -0.05) is 18.2 Å². The second-order valence-corrected chi connectivity index (χ2v) is 3.97. The molecule has 1 aromatic rings. The van der Waals surface area contributed by atoms with Crippen LogP contribution in [-0.4, -0.2) is 44.7 Å². The minimum atomic E-state index is -0.593. The molecular formula is C13H21ClN2O3. The highest BCUT2D eigenvalue weighted by Gasteiger charge is 2.20. The van der Waals surface area contributed by atoms with Crippen molar-refractivity contribution >= 4 is 18.3 Å². The Kier molecular flexibility index (Phi) is 8.14. The molecule has 1 aromatic carbocycles. The van der Waals surface area contributed by atoms with E-state index in [2.05, 4.69) is 0 Å². The van der Waals surface area contributed by atoms with Gasteiger partial charge in [0.25, 0.3) is 5.91 Å². The zero-order valence-electron chi connectivity index (χ0n) is 11.5. The normalized spacial score (nSPS) is 11.4. The number of para-hydroxylation sites is 1. The predicted octanol–water partition coefficient (Wildman–Crippen LogP) is 1.05. The Morgan fingerprint density at radius 2 is 2.00 bits per heavy atom. The molecule has 0 spiro atoms. The van der Waals surface area contributed by atoms with Crippen LogP contribution in [0, 0.1) is 0 Å². The standard InChI is InChI=1S/C13H20N2O3.ClH/c1-15(13(16)12(8-14)18-3)9-10-6-4-5-7-11(10)17-2;/h4-7,12H,8-9,14H2,1-3H3;1H. The van der Waals surface area contributed by atoms with Gasteiger partial charge in [0.05, 0.1) is 7.11 Å². The molecule has 19 heavy (non-hydrogen) atoms. The Bertz CT molecular complexity index is 397. The first-order valence-corrected chi connectivity index (χ1v) is 5.73. The van der Waals surface area contributed by atoms with E-state index in [9.17, 15) is 4.79 Å². The summed E-state index contributed by atoms with van der Waals surface area (Å²) in [7, 11) is 4.81. The maximum absolute atomic E-state index is 12.0. The number of benzene rings is 1. The first-order valence-electron chi connectivity index (χ1n) is 5.73. The number of nitrogens with two attached hydrogens (primary N) is 1. The molecule has 0 aliphatic rings. The van der Waals surface area contributed by atoms with Crippen LogP contribution < -0.4 is 10.5 Å². The number of likely N-dealkylation sites (N-methyl/N-ethyl adjacent to an activating group) is 1. The van der Waals surface area contributed by atoms with Crippen LogP contribution in [0.5, 0.6) is 5.75 Å². The Hall–Kier alpha value is -1.30. The molecule has 1 rings (SSSR count). The Balaban J connectivity index is 0.00000324. The van der Waals surface area contributed by atoms with Gasteiger partial charge >= 0.3 is 0 Å². The largest absolute Gasteiger partial charge is 0.496 e. The third kappa shape index (κ3) is 4.70. The van der Waals surface area contributed by atoms with Crippen molar-refractivity contribution in [1.82, 2.24) is 4.90 Å². The molecule has 0 heterocycles. The molecule has 0 saturated heterocycles. The number of ether oxygens (including phenoxy) is 2. The number of hydrogen-bond donors (Lipinski definition) is 1. The lowest BCUT2D eigenvalue weighted by Gasteiger charge is -2.22. The molecule has 108 valence electrons. The van der Waals surface area contributed by atoms with Crippen molar-refractivity contribution in [3.63, 3.8) is 0 Å². The summed E-state index contributed by atoms with van der Waals surface area (Å²) in [5, 5.41) is 0. The average molecular weight is 289 g/mol. The summed E-state index contributed by atoms with van der Waals surface area (Å²) in [6.07, 6.45) is -0.593. The molecule has 0 radical (unpaired) electrons. The predicted molar refractivity (Wildman–Crippen MR) is 76.6 cm³/mol. The molecule has 0 aliphatic carbocycles. The van der Waals surface area contributed by atoms with Crippen LogP contribution in [0.3, 0.4) is 0 Å². The quantitative estimate of drug-likeness (QED) is 0.850. The second kappa shape index (κ2) is 8.74. The van der Waals surface area contributed by atoms with Gasteiger partial charge in [-0.05, 0) is 6.07 Å². The molecule has 0 aromatic heterocycles. The Morgan fingerprint density at radius 3 is 2.53 bits per heavy atom. The molecule has 0 bridgehead atoms. The van der Waals surface area contributed by atoms with Crippen LogP contribution in [0.25, 0.3) is 0 Å². The summed E-state index contributed by atoms with van der Waals surface area (Å²) in [6.45, 7) is 0.633. The van der Waals surface area contributed by atoms with Crippen molar-refractivity contribution in [2.75, 3.05) is 27.8 Å². The molecule has 0 aliphatic heterocycles. The molecule has 6 heteroatoms. The molecule has 2 N–H and O–H groups in total. The smallest absolute Gasteiger partial charge is 0.253 e. The van der Waals surface area contributed by atoms with Crippen LogP contribution in [-0.2, 0) is 16.1 Å². The summed E-state index contributed by atoms with van der Waals surface area (Å²) in [5.74, 6) is 0.629. The number of methoxy groups -OCH3 is 2. The number of nitrogens with zero attached hydrogens (tertiary/aromatic N) is 1. The molecule has 1 amide bonds. The zero-order valence-corrected chi connectivity index (χ0v) is 12.3. The topological polar surface area (TPSA) is 64.8 Å². The van der Waals surface area contributed by atoms with Crippen LogP contribution in [0.4, 0.5) is 0 Å². The lowest BCUT2D eigenvalue weighted by Crippen LogP contribution is -2.41. The van der Waals surface area contributed by atoms with E-state index in [-0.39, 0.29) is 24.9 Å². The highest BCUT2D eigenvalue weighted by molar-refractivity contribution is 5.85. The van der Waals surface area contributed by atoms with Crippen LogP contribution in [0.2, 0.25) is 0 Å². The fourth-order valence-electron chi connectivity index (χ4n) is 1.71. The minimum absolute atomic E-state index is 0. The molecular weight excluding hydrogens is 268 g/mol. The third-order valence-corrected chi connectivity index (χ3v) is 2.75. The van der Waals surface area contributed by atoms with Gasteiger partial charge < -0.3 is 20.1 Å². The summed E-state index contributed by atoms with van der Waals surface area (Å²) < 4.78 is 10.3. The van der Waals surface area contributed by atoms with E-state index in [0.29, 0.717) is 6.54 Å². The highest BCUT2D eigenvalue weighted by atomic mass is 35.5. The van der Waals surface area contributed by atoms with Gasteiger partial charge in [0.1, 0.15) is 11.9 Å². The first-order chi connectivity index (χ1) is 8.63. The maximum atomic E-state index is 12.0. The van der Waals surface area contributed by atoms with Gasteiger partial charge in [-0.2, -0.15) is 0 Å². The van der Waals surface area contributed by atoms with E-state index in [1.54, 1.807) is 19.1 Å². The lowest BCUT2D eigenvalue weighted by molar-refractivity contribution is -0.140. The van der Waals surface area contributed by atoms with Crippen LogP contribution in [0.15, 0.2) is 24.3 Å². The number of carbonyl (C=O) groups is 1. The van der Waals surface area contributed by atoms with Crippen molar-refractivity contribution in [2.24, 2.45) is 5.73 Å². The van der Waals surface area contributed by atoms with E-state index in [4.69, 9.17) is 15.2 Å². The maximum Gasteiger partial charge on any atom is 0.253 e. The number of amides is 1. The zero-order chi connectivity index (χ0) is 13.5. The van der Waals surface area contributed by atoms with Gasteiger partial charge in [-0.25, -0.2) is 0 Å². The number of hydrogen-bond acceptors (Lipinski definition) is 4. The summed E-state index contributed by atoms with van der Waals surface area (Å²) in [4.78, 5) is 13.6. The molecule has 1 atom stereocenters. The number of carbonyl (C=O) groups excluding carboxylic acids is 1.